The highest BCUT2D eigenvalue weighted by atomic mass is 35.5. The average molecular weight is 426 g/mol. The third-order valence-electron chi connectivity index (χ3n) is 4.43. The van der Waals surface area contributed by atoms with Gasteiger partial charge in [0.25, 0.3) is 0 Å². The van der Waals surface area contributed by atoms with Gasteiger partial charge in [-0.1, -0.05) is 42.5 Å². The second-order valence-corrected chi connectivity index (χ2v) is 8.77. The summed E-state index contributed by atoms with van der Waals surface area (Å²) >= 11 is 0. The number of nitrogens with two attached hydrogens (primary N) is 1. The molecular weight excluding hydrogens is 398 g/mol. The summed E-state index contributed by atoms with van der Waals surface area (Å²) in [6, 6.07) is 15.3. The molecular formula is C20H28ClN3O3S. The van der Waals surface area contributed by atoms with Crippen LogP contribution in [0.1, 0.15) is 25.0 Å². The number of carbonyl (C=O) groups excluding carboxylic acids is 1. The molecule has 28 heavy (non-hydrogen) atoms. The predicted molar refractivity (Wildman–Crippen MR) is 114 cm³/mol. The van der Waals surface area contributed by atoms with Crippen molar-refractivity contribution in [1.29, 1.82) is 0 Å². The van der Waals surface area contributed by atoms with Gasteiger partial charge in [0.2, 0.25) is 15.9 Å². The Morgan fingerprint density at radius 3 is 2.14 bits per heavy atom. The van der Waals surface area contributed by atoms with Crippen LogP contribution in [0.25, 0.3) is 0 Å². The van der Waals surface area contributed by atoms with E-state index >= 15 is 0 Å². The lowest BCUT2D eigenvalue weighted by Crippen LogP contribution is -2.41. The highest BCUT2D eigenvalue weighted by Gasteiger charge is 2.22. The highest BCUT2D eigenvalue weighted by molar-refractivity contribution is 7.89. The van der Waals surface area contributed by atoms with Gasteiger partial charge >= 0.3 is 0 Å². The van der Waals surface area contributed by atoms with Crippen molar-refractivity contribution in [3.05, 3.63) is 65.7 Å². The summed E-state index contributed by atoms with van der Waals surface area (Å²) in [4.78, 5) is 12.4. The molecule has 0 aliphatic heterocycles. The standard InChI is InChI=1S/C20H27N3O3S.ClH/c1-15(2)23(3)27(25,26)18-11-9-17(10-12-18)14-22-20(24)19(21)13-16-7-5-4-6-8-16;/h4-12,15,19H,13-14,21H2,1-3H3,(H,22,24);1H/t19-;/m0./s1. The summed E-state index contributed by atoms with van der Waals surface area (Å²) in [6.45, 7) is 3.93. The maximum atomic E-state index is 12.5. The second kappa shape index (κ2) is 10.6. The number of halogens is 1. The Morgan fingerprint density at radius 1 is 1.04 bits per heavy atom. The van der Waals surface area contributed by atoms with Crippen molar-refractivity contribution < 1.29 is 13.2 Å². The Kier molecular flexibility index (Phi) is 9.10. The van der Waals surface area contributed by atoms with Gasteiger partial charge in [-0.15, -0.1) is 12.4 Å². The normalized spacial score (nSPS) is 12.5. The molecule has 3 N–H and O–H groups in total. The molecule has 2 aromatic rings. The number of benzene rings is 2. The molecule has 0 fully saturated rings. The lowest BCUT2D eigenvalue weighted by molar-refractivity contribution is -0.122. The summed E-state index contributed by atoms with van der Waals surface area (Å²) in [7, 11) is -1.95. The van der Waals surface area contributed by atoms with E-state index in [1.807, 2.05) is 44.2 Å². The Morgan fingerprint density at radius 2 is 1.61 bits per heavy atom. The molecule has 2 aromatic carbocycles. The zero-order valence-electron chi connectivity index (χ0n) is 16.3. The zero-order chi connectivity index (χ0) is 20.0. The number of nitrogens with zero attached hydrogens (tertiary/aromatic N) is 1. The van der Waals surface area contributed by atoms with Crippen molar-refractivity contribution in [2.75, 3.05) is 7.05 Å². The molecule has 1 atom stereocenters. The number of hydrogen-bond donors (Lipinski definition) is 2. The van der Waals surface area contributed by atoms with Gasteiger partial charge in [-0.3, -0.25) is 4.79 Å². The Balaban J connectivity index is 0.00000392. The van der Waals surface area contributed by atoms with Gasteiger partial charge in [0.1, 0.15) is 0 Å². The minimum Gasteiger partial charge on any atom is -0.351 e. The van der Waals surface area contributed by atoms with Crippen molar-refractivity contribution in [1.82, 2.24) is 9.62 Å². The van der Waals surface area contributed by atoms with Crippen molar-refractivity contribution in [2.45, 2.75) is 43.8 Å². The summed E-state index contributed by atoms with van der Waals surface area (Å²) in [6.07, 6.45) is 0.464. The first-order chi connectivity index (χ1) is 12.7. The van der Waals surface area contributed by atoms with Gasteiger partial charge < -0.3 is 11.1 Å². The van der Waals surface area contributed by atoms with Crippen LogP contribution >= 0.6 is 12.4 Å². The second-order valence-electron chi connectivity index (χ2n) is 6.77. The molecule has 0 aliphatic carbocycles. The van der Waals surface area contributed by atoms with Gasteiger partial charge in [-0.05, 0) is 43.5 Å². The summed E-state index contributed by atoms with van der Waals surface area (Å²) in [5.74, 6) is -0.241. The van der Waals surface area contributed by atoms with Gasteiger partial charge in [-0.2, -0.15) is 4.31 Å². The minimum absolute atomic E-state index is 0. The SMILES string of the molecule is CC(C)N(C)S(=O)(=O)c1ccc(CNC(=O)[C@@H](N)Cc2ccccc2)cc1.Cl. The van der Waals surface area contributed by atoms with Crippen LogP contribution in [0.15, 0.2) is 59.5 Å². The predicted octanol–water partition coefficient (Wildman–Crippen LogP) is 2.32. The first kappa shape index (κ1) is 24.1. The molecule has 8 heteroatoms. The van der Waals surface area contributed by atoms with Crippen LogP contribution in [-0.4, -0.2) is 37.8 Å². The van der Waals surface area contributed by atoms with Crippen LogP contribution in [0.5, 0.6) is 0 Å². The molecule has 0 spiro atoms. The molecule has 0 unspecified atom stereocenters. The fourth-order valence-electron chi connectivity index (χ4n) is 2.50. The van der Waals surface area contributed by atoms with Gasteiger partial charge in [0.15, 0.2) is 0 Å². The van der Waals surface area contributed by atoms with Crippen molar-refractivity contribution >= 4 is 28.3 Å². The molecule has 6 nitrogen and oxygen atoms in total. The Bertz CT molecular complexity index is 856. The van der Waals surface area contributed by atoms with E-state index in [0.717, 1.165) is 11.1 Å². The number of amides is 1. The molecule has 0 saturated carbocycles. The van der Waals surface area contributed by atoms with Crippen LogP contribution in [0.2, 0.25) is 0 Å². The average Bonchev–Trinajstić information content (AvgIpc) is 2.66. The minimum atomic E-state index is -3.51. The van der Waals surface area contributed by atoms with E-state index in [1.165, 1.54) is 4.31 Å². The van der Waals surface area contributed by atoms with E-state index in [0.29, 0.717) is 13.0 Å². The van der Waals surface area contributed by atoms with E-state index in [1.54, 1.807) is 31.3 Å². The molecule has 0 aromatic heterocycles. The third kappa shape index (κ3) is 6.31. The molecule has 1 amide bonds. The van der Waals surface area contributed by atoms with E-state index < -0.39 is 16.1 Å². The highest BCUT2D eigenvalue weighted by Crippen LogP contribution is 2.17. The van der Waals surface area contributed by atoms with Gasteiger partial charge in [0, 0.05) is 19.6 Å². The summed E-state index contributed by atoms with van der Waals surface area (Å²) < 4.78 is 26.2. The first-order valence-electron chi connectivity index (χ1n) is 8.86. The van der Waals surface area contributed by atoms with Gasteiger partial charge in [-0.25, -0.2) is 8.42 Å². The van der Waals surface area contributed by atoms with E-state index in [-0.39, 0.29) is 29.3 Å². The van der Waals surface area contributed by atoms with Crippen LogP contribution in [0.4, 0.5) is 0 Å². The van der Waals surface area contributed by atoms with Crippen LogP contribution in [0, 0.1) is 0 Å². The largest absolute Gasteiger partial charge is 0.351 e. The fourth-order valence-corrected chi connectivity index (χ4v) is 3.87. The molecule has 0 saturated heterocycles. The third-order valence-corrected chi connectivity index (χ3v) is 6.48. The maximum Gasteiger partial charge on any atom is 0.243 e. The summed E-state index contributed by atoms with van der Waals surface area (Å²) in [5.41, 5.74) is 7.77. The molecule has 0 aliphatic rings. The number of carbonyl (C=O) groups is 1. The van der Waals surface area contributed by atoms with Crippen LogP contribution in [-0.2, 0) is 27.8 Å². The molecule has 0 heterocycles. The first-order valence-corrected chi connectivity index (χ1v) is 10.3. The van der Waals surface area contributed by atoms with E-state index in [2.05, 4.69) is 5.32 Å². The molecule has 2 rings (SSSR count). The lowest BCUT2D eigenvalue weighted by Gasteiger charge is -2.21. The fraction of sp³-hybridized carbons (Fsp3) is 0.350. The Hall–Kier alpha value is -1.93. The lowest BCUT2D eigenvalue weighted by atomic mass is 10.1. The smallest absolute Gasteiger partial charge is 0.243 e. The van der Waals surface area contributed by atoms with E-state index in [9.17, 15) is 13.2 Å². The van der Waals surface area contributed by atoms with Crippen molar-refractivity contribution in [2.24, 2.45) is 5.73 Å². The maximum absolute atomic E-state index is 12.5. The Labute approximate surface area is 173 Å². The molecule has 154 valence electrons. The number of nitrogens with one attached hydrogen (secondary N) is 1. The number of sulfonamides is 1. The number of rotatable bonds is 8. The monoisotopic (exact) mass is 425 g/mol. The zero-order valence-corrected chi connectivity index (χ0v) is 18.0. The topological polar surface area (TPSA) is 92.5 Å². The molecule has 0 radical (unpaired) electrons. The van der Waals surface area contributed by atoms with Crippen molar-refractivity contribution in [3.8, 4) is 0 Å². The summed E-state index contributed by atoms with van der Waals surface area (Å²) in [5, 5.41) is 2.79. The van der Waals surface area contributed by atoms with E-state index in [4.69, 9.17) is 5.73 Å². The number of hydrogen-bond acceptors (Lipinski definition) is 4. The van der Waals surface area contributed by atoms with Crippen LogP contribution < -0.4 is 11.1 Å². The molecule has 0 bridgehead atoms. The quantitative estimate of drug-likeness (QED) is 0.678. The van der Waals surface area contributed by atoms with Crippen LogP contribution in [0.3, 0.4) is 0 Å². The van der Waals surface area contributed by atoms with Gasteiger partial charge in [0.05, 0.1) is 10.9 Å². The van der Waals surface area contributed by atoms with Crippen molar-refractivity contribution in [3.63, 3.8) is 0 Å².